The number of nitrogens with one attached hydrogen (secondary N) is 2. The molecular formula is C21H24N2O5. The van der Waals surface area contributed by atoms with Crippen molar-refractivity contribution < 1.29 is 23.9 Å². The lowest BCUT2D eigenvalue weighted by Gasteiger charge is -2.11. The van der Waals surface area contributed by atoms with Gasteiger partial charge in [0, 0.05) is 5.69 Å². The molecule has 7 nitrogen and oxygen atoms in total. The lowest BCUT2D eigenvalue weighted by Crippen LogP contribution is -2.37. The maximum atomic E-state index is 11.9. The molecule has 0 fully saturated rings. The average molecular weight is 384 g/mol. The highest BCUT2D eigenvalue weighted by Gasteiger charge is 2.13. The van der Waals surface area contributed by atoms with E-state index in [1.165, 1.54) is 0 Å². The van der Waals surface area contributed by atoms with Crippen molar-refractivity contribution in [2.24, 2.45) is 0 Å². The van der Waals surface area contributed by atoms with Gasteiger partial charge in [0.1, 0.15) is 5.75 Å². The molecule has 28 heavy (non-hydrogen) atoms. The lowest BCUT2D eigenvalue weighted by atomic mass is 10.1. The number of hydrogen-bond acceptors (Lipinski definition) is 5. The highest BCUT2D eigenvalue weighted by molar-refractivity contribution is 6.02. The molecule has 0 saturated carbocycles. The molecule has 148 valence electrons. The molecule has 0 spiro atoms. The summed E-state index contributed by atoms with van der Waals surface area (Å²) in [4.78, 5) is 35.4. The van der Waals surface area contributed by atoms with E-state index in [4.69, 9.17) is 9.47 Å². The predicted octanol–water partition coefficient (Wildman–Crippen LogP) is 3.19. The number of benzene rings is 2. The zero-order valence-corrected chi connectivity index (χ0v) is 16.4. The number of imide groups is 1. The predicted molar refractivity (Wildman–Crippen MR) is 105 cm³/mol. The molecule has 0 bridgehead atoms. The number of carbonyl (C=O) groups is 3. The Hall–Kier alpha value is -3.35. The van der Waals surface area contributed by atoms with Gasteiger partial charge >= 0.3 is 12.0 Å². The number of ether oxygens (including phenoxy) is 2. The van der Waals surface area contributed by atoms with Gasteiger partial charge in [-0.2, -0.15) is 0 Å². The third kappa shape index (κ3) is 6.42. The fraction of sp³-hybridized carbons (Fsp3) is 0.286. The van der Waals surface area contributed by atoms with Gasteiger partial charge in [0.05, 0.1) is 0 Å². The first kappa shape index (κ1) is 21.0. The van der Waals surface area contributed by atoms with Gasteiger partial charge in [0.25, 0.3) is 5.91 Å². The second-order valence-corrected chi connectivity index (χ2v) is 6.54. The van der Waals surface area contributed by atoms with Crippen LogP contribution in [0.5, 0.6) is 5.75 Å². The number of esters is 1. The molecule has 2 aromatic rings. The van der Waals surface area contributed by atoms with E-state index in [9.17, 15) is 14.4 Å². The van der Waals surface area contributed by atoms with Crippen LogP contribution in [-0.4, -0.2) is 31.1 Å². The van der Waals surface area contributed by atoms with Crippen molar-refractivity contribution in [2.45, 2.75) is 27.7 Å². The van der Waals surface area contributed by atoms with E-state index in [1.54, 1.807) is 6.07 Å². The van der Waals surface area contributed by atoms with Crippen LogP contribution in [-0.2, 0) is 14.3 Å². The van der Waals surface area contributed by atoms with Crippen LogP contribution < -0.4 is 15.4 Å². The smallest absolute Gasteiger partial charge is 0.344 e. The molecule has 2 N–H and O–H groups in total. The number of amides is 3. The SMILES string of the molecule is Cc1ccc(NC(=O)NC(=O)COC(=O)COc2cc(C)ccc2C)c(C)c1. The Labute approximate surface area is 164 Å². The van der Waals surface area contributed by atoms with Crippen LogP contribution in [0.25, 0.3) is 0 Å². The van der Waals surface area contributed by atoms with E-state index in [1.807, 2.05) is 58.0 Å². The van der Waals surface area contributed by atoms with Crippen LogP contribution in [0.1, 0.15) is 22.3 Å². The van der Waals surface area contributed by atoms with Crippen LogP contribution in [0.3, 0.4) is 0 Å². The summed E-state index contributed by atoms with van der Waals surface area (Å²) in [5.74, 6) is -0.859. The van der Waals surface area contributed by atoms with Crippen molar-refractivity contribution in [1.29, 1.82) is 0 Å². The highest BCUT2D eigenvalue weighted by atomic mass is 16.6. The fourth-order valence-corrected chi connectivity index (χ4v) is 2.46. The van der Waals surface area contributed by atoms with Crippen molar-refractivity contribution in [3.63, 3.8) is 0 Å². The maximum absolute atomic E-state index is 11.9. The van der Waals surface area contributed by atoms with E-state index in [0.29, 0.717) is 11.4 Å². The molecule has 0 radical (unpaired) electrons. The maximum Gasteiger partial charge on any atom is 0.344 e. The Morgan fingerprint density at radius 2 is 1.54 bits per heavy atom. The summed E-state index contributed by atoms with van der Waals surface area (Å²) >= 11 is 0. The zero-order valence-electron chi connectivity index (χ0n) is 16.4. The van der Waals surface area contributed by atoms with E-state index in [0.717, 1.165) is 22.3 Å². The summed E-state index contributed by atoms with van der Waals surface area (Å²) in [5, 5.41) is 4.69. The van der Waals surface area contributed by atoms with E-state index < -0.39 is 24.5 Å². The van der Waals surface area contributed by atoms with E-state index in [-0.39, 0.29) is 6.61 Å². The van der Waals surface area contributed by atoms with Gasteiger partial charge < -0.3 is 14.8 Å². The van der Waals surface area contributed by atoms with Crippen molar-refractivity contribution in [1.82, 2.24) is 5.32 Å². The van der Waals surface area contributed by atoms with Gasteiger partial charge in [-0.1, -0.05) is 29.8 Å². The molecule has 0 aliphatic heterocycles. The molecule has 0 aromatic heterocycles. The summed E-state index contributed by atoms with van der Waals surface area (Å²) < 4.78 is 10.2. The summed E-state index contributed by atoms with van der Waals surface area (Å²) in [5.41, 5.74) is 4.42. The summed E-state index contributed by atoms with van der Waals surface area (Å²) in [6.07, 6.45) is 0. The first-order valence-electron chi connectivity index (χ1n) is 8.78. The standard InChI is InChI=1S/C21H24N2O5/c1-13-6-8-17(16(4)9-13)22-21(26)23-19(24)11-28-20(25)12-27-18-10-14(2)5-7-15(18)3/h5-10H,11-12H2,1-4H3,(H2,22,23,24,26). The van der Waals surface area contributed by atoms with Crippen molar-refractivity contribution >= 4 is 23.6 Å². The molecule has 7 heteroatoms. The van der Waals surface area contributed by atoms with Crippen molar-refractivity contribution in [3.05, 3.63) is 58.7 Å². The van der Waals surface area contributed by atoms with Crippen molar-refractivity contribution in [3.8, 4) is 5.75 Å². The molecule has 0 aliphatic rings. The summed E-state index contributed by atoms with van der Waals surface area (Å²) in [6, 6.07) is 10.5. The average Bonchev–Trinajstić information content (AvgIpc) is 2.63. The minimum Gasteiger partial charge on any atom is -0.482 e. The Morgan fingerprint density at radius 3 is 2.25 bits per heavy atom. The summed E-state index contributed by atoms with van der Waals surface area (Å²) in [7, 11) is 0. The lowest BCUT2D eigenvalue weighted by molar-refractivity contribution is -0.150. The second kappa shape index (κ2) is 9.55. The third-order valence-electron chi connectivity index (χ3n) is 3.94. The monoisotopic (exact) mass is 384 g/mol. The van der Waals surface area contributed by atoms with Crippen LogP contribution in [0.15, 0.2) is 36.4 Å². The molecule has 0 unspecified atom stereocenters. The minimum absolute atomic E-state index is 0.327. The first-order valence-corrected chi connectivity index (χ1v) is 8.78. The number of hydrogen-bond donors (Lipinski definition) is 2. The number of rotatable bonds is 6. The van der Waals surface area contributed by atoms with Crippen LogP contribution in [0.4, 0.5) is 10.5 Å². The molecule has 0 atom stereocenters. The number of carbonyl (C=O) groups excluding carboxylic acids is 3. The Morgan fingerprint density at radius 1 is 0.857 bits per heavy atom. The van der Waals surface area contributed by atoms with E-state index >= 15 is 0 Å². The Balaban J connectivity index is 1.74. The van der Waals surface area contributed by atoms with Gasteiger partial charge in [0.15, 0.2) is 13.2 Å². The van der Waals surface area contributed by atoms with Crippen LogP contribution >= 0.6 is 0 Å². The topological polar surface area (TPSA) is 93.7 Å². The van der Waals surface area contributed by atoms with Gasteiger partial charge in [-0.25, -0.2) is 9.59 Å². The molecule has 2 rings (SSSR count). The molecule has 2 aromatic carbocycles. The molecule has 3 amide bonds. The third-order valence-corrected chi connectivity index (χ3v) is 3.94. The van der Waals surface area contributed by atoms with E-state index in [2.05, 4.69) is 10.6 Å². The zero-order chi connectivity index (χ0) is 20.7. The minimum atomic E-state index is -0.734. The Kier molecular flexibility index (Phi) is 7.14. The highest BCUT2D eigenvalue weighted by Crippen LogP contribution is 2.19. The second-order valence-electron chi connectivity index (χ2n) is 6.54. The fourth-order valence-electron chi connectivity index (χ4n) is 2.46. The van der Waals surface area contributed by atoms with Crippen molar-refractivity contribution in [2.75, 3.05) is 18.5 Å². The quantitative estimate of drug-likeness (QED) is 0.746. The number of anilines is 1. The van der Waals surface area contributed by atoms with Gasteiger partial charge in [-0.3, -0.25) is 10.1 Å². The largest absolute Gasteiger partial charge is 0.482 e. The number of aryl methyl sites for hydroxylation is 4. The van der Waals surface area contributed by atoms with Gasteiger partial charge in [-0.05, 0) is 56.5 Å². The molecule has 0 heterocycles. The Bertz CT molecular complexity index is 892. The summed E-state index contributed by atoms with van der Waals surface area (Å²) in [6.45, 7) is 6.67. The number of urea groups is 1. The van der Waals surface area contributed by atoms with Gasteiger partial charge in [-0.15, -0.1) is 0 Å². The normalized spacial score (nSPS) is 10.1. The molecule has 0 aliphatic carbocycles. The molecule has 0 saturated heterocycles. The molecular weight excluding hydrogens is 360 g/mol. The van der Waals surface area contributed by atoms with Crippen LogP contribution in [0.2, 0.25) is 0 Å². The van der Waals surface area contributed by atoms with Crippen LogP contribution in [0, 0.1) is 27.7 Å². The van der Waals surface area contributed by atoms with Gasteiger partial charge in [0.2, 0.25) is 0 Å². The first-order chi connectivity index (χ1) is 13.2.